The van der Waals surface area contributed by atoms with Gasteiger partial charge in [-0.25, -0.2) is 4.79 Å². The quantitative estimate of drug-likeness (QED) is 0.789. The van der Waals surface area contributed by atoms with Crippen LogP contribution in [0.4, 0.5) is 0 Å². The molecule has 1 unspecified atom stereocenters. The number of thiophene rings is 1. The average molecular weight is 308 g/mol. The third-order valence-electron chi connectivity index (χ3n) is 3.68. The highest BCUT2D eigenvalue weighted by molar-refractivity contribution is 7.11. The zero-order valence-electron chi connectivity index (χ0n) is 12.0. The summed E-state index contributed by atoms with van der Waals surface area (Å²) in [6.45, 7) is 4.94. The van der Waals surface area contributed by atoms with Crippen LogP contribution in [0.25, 0.3) is 6.08 Å². The van der Waals surface area contributed by atoms with Crippen molar-refractivity contribution >= 4 is 29.3 Å². The maximum Gasteiger partial charge on any atom is 0.328 e. The van der Waals surface area contributed by atoms with E-state index in [1.807, 2.05) is 0 Å². The molecular weight excluding hydrogens is 288 g/mol. The van der Waals surface area contributed by atoms with Crippen LogP contribution in [0.3, 0.4) is 0 Å². The monoisotopic (exact) mass is 308 g/mol. The van der Waals surface area contributed by atoms with E-state index in [9.17, 15) is 9.59 Å². The number of nitrogens with zero attached hydrogens (tertiary/aromatic N) is 1. The van der Waals surface area contributed by atoms with Crippen LogP contribution in [-0.4, -0.2) is 47.6 Å². The highest BCUT2D eigenvalue weighted by atomic mass is 32.1. The van der Waals surface area contributed by atoms with E-state index in [0.717, 1.165) is 30.5 Å². The summed E-state index contributed by atoms with van der Waals surface area (Å²) in [4.78, 5) is 25.7. The molecule has 1 aromatic heterocycles. The largest absolute Gasteiger partial charge is 0.478 e. The van der Waals surface area contributed by atoms with E-state index in [2.05, 4.69) is 17.1 Å². The van der Waals surface area contributed by atoms with Crippen LogP contribution in [-0.2, 0) is 4.79 Å². The SMILES string of the molecule is CCN1CCCC1CNC(=O)c1csc(C=CC(=O)O)c1. The van der Waals surface area contributed by atoms with Crippen LogP contribution in [0.1, 0.15) is 35.0 Å². The molecule has 1 fully saturated rings. The maximum atomic E-state index is 12.1. The van der Waals surface area contributed by atoms with E-state index in [1.54, 1.807) is 11.4 Å². The molecule has 0 spiro atoms. The van der Waals surface area contributed by atoms with Gasteiger partial charge in [0.1, 0.15) is 0 Å². The summed E-state index contributed by atoms with van der Waals surface area (Å²) < 4.78 is 0. The van der Waals surface area contributed by atoms with Gasteiger partial charge in [0.15, 0.2) is 0 Å². The lowest BCUT2D eigenvalue weighted by Crippen LogP contribution is -2.39. The lowest BCUT2D eigenvalue weighted by molar-refractivity contribution is -0.131. The summed E-state index contributed by atoms with van der Waals surface area (Å²) in [7, 11) is 0. The van der Waals surface area contributed by atoms with E-state index < -0.39 is 5.97 Å². The van der Waals surface area contributed by atoms with Crippen molar-refractivity contribution in [1.82, 2.24) is 10.2 Å². The van der Waals surface area contributed by atoms with Crippen LogP contribution >= 0.6 is 11.3 Å². The third-order valence-corrected chi connectivity index (χ3v) is 4.57. The number of hydrogen-bond acceptors (Lipinski definition) is 4. The summed E-state index contributed by atoms with van der Waals surface area (Å²) >= 11 is 1.36. The van der Waals surface area contributed by atoms with Crippen LogP contribution in [0.5, 0.6) is 0 Å². The van der Waals surface area contributed by atoms with Crippen molar-refractivity contribution in [2.45, 2.75) is 25.8 Å². The Bertz CT molecular complexity index is 539. The van der Waals surface area contributed by atoms with Crippen molar-refractivity contribution in [3.05, 3.63) is 28.0 Å². The Kier molecular flexibility index (Phi) is 5.52. The molecule has 1 aliphatic rings. The number of carbonyl (C=O) groups excluding carboxylic acids is 1. The molecular formula is C15H20N2O3S. The summed E-state index contributed by atoms with van der Waals surface area (Å²) in [6, 6.07) is 2.15. The topological polar surface area (TPSA) is 69.6 Å². The molecule has 0 aliphatic carbocycles. The zero-order valence-corrected chi connectivity index (χ0v) is 12.9. The molecule has 1 atom stereocenters. The predicted molar refractivity (Wildman–Crippen MR) is 83.6 cm³/mol. The Balaban J connectivity index is 1.87. The Morgan fingerprint density at radius 2 is 2.38 bits per heavy atom. The lowest BCUT2D eigenvalue weighted by Gasteiger charge is -2.22. The molecule has 0 saturated carbocycles. The summed E-state index contributed by atoms with van der Waals surface area (Å²) in [5.41, 5.74) is 0.589. The number of amides is 1. The number of nitrogens with one attached hydrogen (secondary N) is 1. The normalized spacial score (nSPS) is 19.2. The standard InChI is InChI=1S/C15H20N2O3S/c1-2-17-7-3-4-12(17)9-16-15(20)11-8-13(21-10-11)5-6-14(18)19/h5-6,8,10,12H,2-4,7,9H2,1H3,(H,16,20)(H,18,19). The van der Waals surface area contributed by atoms with Gasteiger partial charge in [0.25, 0.3) is 5.91 Å². The van der Waals surface area contributed by atoms with Gasteiger partial charge < -0.3 is 10.4 Å². The van der Waals surface area contributed by atoms with Crippen molar-refractivity contribution in [3.8, 4) is 0 Å². The number of hydrogen-bond donors (Lipinski definition) is 2. The molecule has 1 saturated heterocycles. The number of carboxylic acid groups (broad SMARTS) is 1. The average Bonchev–Trinajstić information content (AvgIpc) is 3.11. The Morgan fingerprint density at radius 3 is 3.10 bits per heavy atom. The van der Waals surface area contributed by atoms with E-state index in [1.165, 1.54) is 23.8 Å². The molecule has 0 bridgehead atoms. The van der Waals surface area contributed by atoms with Crippen LogP contribution in [0.15, 0.2) is 17.5 Å². The smallest absolute Gasteiger partial charge is 0.328 e. The molecule has 0 aromatic carbocycles. The molecule has 114 valence electrons. The molecule has 1 amide bonds. The lowest BCUT2D eigenvalue weighted by atomic mass is 10.2. The Labute approximate surface area is 128 Å². The van der Waals surface area contributed by atoms with Crippen molar-refractivity contribution in [1.29, 1.82) is 0 Å². The van der Waals surface area contributed by atoms with Gasteiger partial charge >= 0.3 is 5.97 Å². The number of carboxylic acids is 1. The first-order valence-corrected chi connectivity index (χ1v) is 8.00. The molecule has 1 aliphatic heterocycles. The minimum atomic E-state index is -0.990. The number of likely N-dealkylation sites (tertiary alicyclic amines) is 1. The zero-order chi connectivity index (χ0) is 15.2. The summed E-state index contributed by atoms with van der Waals surface area (Å²) in [5.74, 6) is -1.08. The van der Waals surface area contributed by atoms with E-state index >= 15 is 0 Å². The first-order valence-electron chi connectivity index (χ1n) is 7.12. The first-order chi connectivity index (χ1) is 10.1. The molecule has 1 aromatic rings. The predicted octanol–water partition coefficient (Wildman–Crippen LogP) is 2.06. The minimum absolute atomic E-state index is 0.0934. The van der Waals surface area contributed by atoms with Crippen molar-refractivity contribution < 1.29 is 14.7 Å². The van der Waals surface area contributed by atoms with Crippen molar-refractivity contribution in [2.75, 3.05) is 19.6 Å². The first kappa shape index (κ1) is 15.7. The second kappa shape index (κ2) is 7.38. The molecule has 2 N–H and O–H groups in total. The van der Waals surface area contributed by atoms with Crippen molar-refractivity contribution in [3.63, 3.8) is 0 Å². The number of carbonyl (C=O) groups is 2. The highest BCUT2D eigenvalue weighted by Crippen LogP contribution is 2.18. The van der Waals surface area contributed by atoms with Gasteiger partial charge in [0.05, 0.1) is 5.56 Å². The molecule has 2 heterocycles. The second-order valence-corrected chi connectivity index (χ2v) is 5.99. The third kappa shape index (κ3) is 4.41. The van der Waals surface area contributed by atoms with Crippen LogP contribution in [0.2, 0.25) is 0 Å². The molecule has 5 nitrogen and oxygen atoms in total. The van der Waals surface area contributed by atoms with Gasteiger partial charge in [-0.15, -0.1) is 11.3 Å². The van der Waals surface area contributed by atoms with Crippen molar-refractivity contribution in [2.24, 2.45) is 0 Å². The van der Waals surface area contributed by atoms with Gasteiger partial charge in [0, 0.05) is 28.9 Å². The molecule has 0 radical (unpaired) electrons. The van der Waals surface area contributed by atoms with Gasteiger partial charge in [-0.05, 0) is 38.1 Å². The summed E-state index contributed by atoms with van der Waals surface area (Å²) in [6.07, 6.45) is 4.89. The Hall–Kier alpha value is -1.66. The van der Waals surface area contributed by atoms with E-state index in [4.69, 9.17) is 5.11 Å². The molecule has 21 heavy (non-hydrogen) atoms. The van der Waals surface area contributed by atoms with Crippen LogP contribution in [0, 0.1) is 0 Å². The number of likely N-dealkylation sites (N-methyl/N-ethyl adjacent to an activating group) is 1. The van der Waals surface area contributed by atoms with Gasteiger partial charge in [-0.1, -0.05) is 6.92 Å². The number of aliphatic carboxylic acids is 1. The molecule has 6 heteroatoms. The fourth-order valence-corrected chi connectivity index (χ4v) is 3.35. The van der Waals surface area contributed by atoms with E-state index in [0.29, 0.717) is 18.2 Å². The van der Waals surface area contributed by atoms with E-state index in [-0.39, 0.29) is 5.91 Å². The Morgan fingerprint density at radius 1 is 1.57 bits per heavy atom. The maximum absolute atomic E-state index is 12.1. The summed E-state index contributed by atoms with van der Waals surface area (Å²) in [5, 5.41) is 13.3. The van der Waals surface area contributed by atoms with Crippen LogP contribution < -0.4 is 5.32 Å². The highest BCUT2D eigenvalue weighted by Gasteiger charge is 2.23. The van der Waals surface area contributed by atoms with Gasteiger partial charge in [-0.3, -0.25) is 9.69 Å². The van der Waals surface area contributed by atoms with Gasteiger partial charge in [-0.2, -0.15) is 0 Å². The fourth-order valence-electron chi connectivity index (χ4n) is 2.57. The number of rotatable bonds is 6. The van der Waals surface area contributed by atoms with Gasteiger partial charge in [0.2, 0.25) is 0 Å². The molecule has 2 rings (SSSR count). The second-order valence-electron chi connectivity index (χ2n) is 5.04. The minimum Gasteiger partial charge on any atom is -0.478 e. The fraction of sp³-hybridized carbons (Fsp3) is 0.467.